The van der Waals surface area contributed by atoms with Crippen LogP contribution in [0.2, 0.25) is 0 Å². The Morgan fingerprint density at radius 3 is 2.47 bits per heavy atom. The first-order valence-corrected chi connectivity index (χ1v) is 6.25. The highest BCUT2D eigenvalue weighted by Crippen LogP contribution is 2.19. The molecule has 1 rings (SSSR count). The maximum Gasteiger partial charge on any atom is 0.0379 e. The first-order chi connectivity index (χ1) is 8.17. The van der Waals surface area contributed by atoms with Gasteiger partial charge in [-0.1, -0.05) is 6.92 Å². The molecule has 1 atom stereocenters. The summed E-state index contributed by atoms with van der Waals surface area (Å²) in [6.07, 6.45) is 1.99. The largest absolute Gasteiger partial charge is 0.310 e. The molecule has 2 nitrogen and oxygen atoms in total. The lowest BCUT2D eigenvalue weighted by molar-refractivity contribution is 0.521. The molecule has 1 N–H and O–H groups in total. The van der Waals surface area contributed by atoms with Gasteiger partial charge < -0.3 is 5.32 Å². The van der Waals surface area contributed by atoms with Crippen LogP contribution in [0.25, 0.3) is 0 Å². The second-order valence-corrected chi connectivity index (χ2v) is 4.26. The van der Waals surface area contributed by atoms with Crippen LogP contribution in [0.3, 0.4) is 0 Å². The van der Waals surface area contributed by atoms with Gasteiger partial charge in [0.2, 0.25) is 0 Å². The molecule has 0 bridgehead atoms. The molecule has 0 aliphatic heterocycles. The van der Waals surface area contributed by atoms with Crippen LogP contribution in [0.1, 0.15) is 49.7 Å². The molecular formula is C15H22N2. The Balaban J connectivity index is 2.82. The summed E-state index contributed by atoms with van der Waals surface area (Å²) in [7, 11) is 0. The number of nitrogens with one attached hydrogen (secondary N) is 1. The third-order valence-corrected chi connectivity index (χ3v) is 2.69. The molecule has 0 saturated heterocycles. The molecule has 0 aliphatic rings. The zero-order valence-electron chi connectivity index (χ0n) is 11.3. The van der Waals surface area contributed by atoms with E-state index in [0.717, 1.165) is 30.8 Å². The average Bonchev–Trinajstić information content (AvgIpc) is 2.27. The SMILES string of the molecule is CC#CCCC(NCC)c1cc(C)nc(C)c1. The fourth-order valence-electron chi connectivity index (χ4n) is 2.04. The summed E-state index contributed by atoms with van der Waals surface area (Å²) in [6.45, 7) is 9.10. The quantitative estimate of drug-likeness (QED) is 0.786. The molecule has 0 aliphatic carbocycles. The number of nitrogens with zero attached hydrogens (tertiary/aromatic N) is 1. The summed E-state index contributed by atoms with van der Waals surface area (Å²) < 4.78 is 0. The summed E-state index contributed by atoms with van der Waals surface area (Å²) in [4.78, 5) is 4.42. The van der Waals surface area contributed by atoms with Gasteiger partial charge in [0.15, 0.2) is 0 Å². The molecule has 2 heteroatoms. The third-order valence-electron chi connectivity index (χ3n) is 2.69. The predicted octanol–water partition coefficient (Wildman–Crippen LogP) is 3.15. The second-order valence-electron chi connectivity index (χ2n) is 4.26. The van der Waals surface area contributed by atoms with Gasteiger partial charge in [-0.05, 0) is 51.4 Å². The minimum atomic E-state index is 0.390. The van der Waals surface area contributed by atoms with Gasteiger partial charge in [-0.25, -0.2) is 0 Å². The molecule has 1 aromatic rings. The van der Waals surface area contributed by atoms with Crippen LogP contribution in [0.15, 0.2) is 12.1 Å². The van der Waals surface area contributed by atoms with E-state index in [9.17, 15) is 0 Å². The lowest BCUT2D eigenvalue weighted by Gasteiger charge is -2.18. The average molecular weight is 230 g/mol. The molecule has 17 heavy (non-hydrogen) atoms. The number of aryl methyl sites for hydroxylation is 2. The van der Waals surface area contributed by atoms with Crippen molar-refractivity contribution >= 4 is 0 Å². The van der Waals surface area contributed by atoms with E-state index in [0.29, 0.717) is 6.04 Å². The molecular weight excluding hydrogens is 208 g/mol. The molecule has 0 amide bonds. The topological polar surface area (TPSA) is 24.9 Å². The van der Waals surface area contributed by atoms with Crippen molar-refractivity contribution < 1.29 is 0 Å². The second kappa shape index (κ2) is 7.09. The number of hydrogen-bond acceptors (Lipinski definition) is 2. The standard InChI is InChI=1S/C15H22N2/c1-5-7-8-9-15(16-6-2)14-10-12(3)17-13(4)11-14/h10-11,15-16H,6,8-9H2,1-4H3. The van der Waals surface area contributed by atoms with Crippen molar-refractivity contribution in [2.24, 2.45) is 0 Å². The van der Waals surface area contributed by atoms with Crippen LogP contribution < -0.4 is 5.32 Å². The van der Waals surface area contributed by atoms with Gasteiger partial charge in [0, 0.05) is 23.9 Å². The van der Waals surface area contributed by atoms with Crippen molar-refractivity contribution in [2.45, 2.75) is 46.6 Å². The van der Waals surface area contributed by atoms with Crippen LogP contribution in [0, 0.1) is 25.7 Å². The summed E-state index contributed by atoms with van der Waals surface area (Å²) in [5, 5.41) is 3.52. The Hall–Kier alpha value is -1.33. The maximum atomic E-state index is 4.42. The highest BCUT2D eigenvalue weighted by molar-refractivity contribution is 5.23. The molecule has 0 aromatic carbocycles. The number of hydrogen-bond donors (Lipinski definition) is 1. The van der Waals surface area contributed by atoms with E-state index in [4.69, 9.17) is 0 Å². The molecule has 1 heterocycles. The van der Waals surface area contributed by atoms with Crippen molar-refractivity contribution in [3.05, 3.63) is 29.1 Å². The van der Waals surface area contributed by atoms with E-state index in [1.165, 1.54) is 5.56 Å². The number of rotatable bonds is 5. The van der Waals surface area contributed by atoms with E-state index in [-0.39, 0.29) is 0 Å². The van der Waals surface area contributed by atoms with Crippen LogP contribution in [0.4, 0.5) is 0 Å². The maximum absolute atomic E-state index is 4.42. The summed E-state index contributed by atoms with van der Waals surface area (Å²) in [5.74, 6) is 6.08. The fourth-order valence-corrected chi connectivity index (χ4v) is 2.04. The Kier molecular flexibility index (Phi) is 5.72. The van der Waals surface area contributed by atoms with Gasteiger partial charge in [0.1, 0.15) is 0 Å². The van der Waals surface area contributed by atoms with Gasteiger partial charge in [0.05, 0.1) is 0 Å². The Bertz CT molecular complexity index is 392. The summed E-state index contributed by atoms with van der Waals surface area (Å²) in [6, 6.07) is 4.72. The third kappa shape index (κ3) is 4.58. The molecule has 92 valence electrons. The predicted molar refractivity (Wildman–Crippen MR) is 72.8 cm³/mol. The van der Waals surface area contributed by atoms with E-state index in [1.807, 2.05) is 20.8 Å². The summed E-state index contributed by atoms with van der Waals surface area (Å²) >= 11 is 0. The monoisotopic (exact) mass is 230 g/mol. The van der Waals surface area contributed by atoms with Crippen molar-refractivity contribution in [1.29, 1.82) is 0 Å². The first kappa shape index (κ1) is 13.7. The van der Waals surface area contributed by atoms with E-state index in [1.54, 1.807) is 0 Å². The van der Waals surface area contributed by atoms with Crippen molar-refractivity contribution in [2.75, 3.05) is 6.54 Å². The normalized spacial score (nSPS) is 11.8. The minimum Gasteiger partial charge on any atom is -0.310 e. The van der Waals surface area contributed by atoms with Crippen LogP contribution in [-0.4, -0.2) is 11.5 Å². The van der Waals surface area contributed by atoms with Crippen molar-refractivity contribution in [3.8, 4) is 11.8 Å². The summed E-state index contributed by atoms with van der Waals surface area (Å²) in [5.41, 5.74) is 3.50. The lowest BCUT2D eigenvalue weighted by Crippen LogP contribution is -2.21. The molecule has 0 saturated carbocycles. The zero-order chi connectivity index (χ0) is 12.7. The highest BCUT2D eigenvalue weighted by atomic mass is 14.9. The fraction of sp³-hybridized carbons (Fsp3) is 0.533. The Morgan fingerprint density at radius 1 is 1.29 bits per heavy atom. The Morgan fingerprint density at radius 2 is 1.94 bits per heavy atom. The van der Waals surface area contributed by atoms with Gasteiger partial charge in [-0.3, -0.25) is 4.98 Å². The van der Waals surface area contributed by atoms with Gasteiger partial charge in [-0.2, -0.15) is 0 Å². The van der Waals surface area contributed by atoms with Gasteiger partial charge >= 0.3 is 0 Å². The van der Waals surface area contributed by atoms with Crippen molar-refractivity contribution in [1.82, 2.24) is 10.3 Å². The molecule has 0 radical (unpaired) electrons. The number of pyridine rings is 1. The van der Waals surface area contributed by atoms with E-state index < -0.39 is 0 Å². The smallest absolute Gasteiger partial charge is 0.0379 e. The van der Waals surface area contributed by atoms with Gasteiger partial charge in [-0.15, -0.1) is 11.8 Å². The molecule has 1 unspecified atom stereocenters. The van der Waals surface area contributed by atoms with Crippen molar-refractivity contribution in [3.63, 3.8) is 0 Å². The van der Waals surface area contributed by atoms with Crippen LogP contribution in [0.5, 0.6) is 0 Å². The highest BCUT2D eigenvalue weighted by Gasteiger charge is 2.10. The lowest BCUT2D eigenvalue weighted by atomic mass is 10.0. The molecule has 0 fully saturated rings. The minimum absolute atomic E-state index is 0.390. The molecule has 1 aromatic heterocycles. The first-order valence-electron chi connectivity index (χ1n) is 6.25. The van der Waals surface area contributed by atoms with E-state index in [2.05, 4.69) is 41.2 Å². The molecule has 0 spiro atoms. The zero-order valence-corrected chi connectivity index (χ0v) is 11.3. The van der Waals surface area contributed by atoms with Crippen LogP contribution in [-0.2, 0) is 0 Å². The number of aromatic nitrogens is 1. The van der Waals surface area contributed by atoms with Gasteiger partial charge in [0.25, 0.3) is 0 Å². The van der Waals surface area contributed by atoms with Crippen LogP contribution >= 0.6 is 0 Å². The van der Waals surface area contributed by atoms with E-state index >= 15 is 0 Å². The Labute approximate surface area is 105 Å².